The van der Waals surface area contributed by atoms with Gasteiger partial charge in [0.2, 0.25) is 11.8 Å². The van der Waals surface area contributed by atoms with Crippen LogP contribution in [0.4, 0.5) is 0 Å². The molecule has 0 aliphatic carbocycles. The van der Waals surface area contributed by atoms with Crippen LogP contribution in [0.1, 0.15) is 59.3 Å². The molecule has 5 nitrogen and oxygen atoms in total. The number of carbonyl (C=O) groups is 2. The van der Waals surface area contributed by atoms with E-state index in [0.29, 0.717) is 12.8 Å². The van der Waals surface area contributed by atoms with Crippen LogP contribution in [0.15, 0.2) is 0 Å². The molecule has 0 bridgehead atoms. The Kier molecular flexibility index (Phi) is 6.67. The monoisotopic (exact) mass is 293 g/mol. The van der Waals surface area contributed by atoms with Crippen molar-refractivity contribution in [2.45, 2.75) is 65.3 Å². The number of carbonyl (C=O) groups excluding carboxylic acids is 2. The highest BCUT2D eigenvalue weighted by Crippen LogP contribution is 2.29. The van der Waals surface area contributed by atoms with Gasteiger partial charge in [0.25, 0.3) is 0 Å². The van der Waals surface area contributed by atoms with Crippen LogP contribution in [0.3, 0.4) is 0 Å². The summed E-state index contributed by atoms with van der Waals surface area (Å²) in [7, 11) is 0. The molecule has 1 atom stereocenters. The molecule has 0 spiro atoms. The molecule has 0 aromatic carbocycles. The van der Waals surface area contributed by atoms with Crippen LogP contribution < -0.4 is 5.32 Å². The lowest BCUT2D eigenvalue weighted by Crippen LogP contribution is -2.50. The van der Waals surface area contributed by atoms with Crippen molar-refractivity contribution in [2.24, 2.45) is 5.41 Å². The molecule has 0 radical (unpaired) electrons. The maximum absolute atomic E-state index is 12.5. The van der Waals surface area contributed by atoms with E-state index in [1.807, 2.05) is 13.8 Å². The second-order valence-corrected chi connectivity index (χ2v) is 5.92. The Morgan fingerprint density at radius 3 is 2.19 bits per heavy atom. The third kappa shape index (κ3) is 4.20. The molecule has 1 saturated heterocycles. The summed E-state index contributed by atoms with van der Waals surface area (Å²) in [5.41, 5.74) is -0.997. The molecular weight excluding hydrogens is 266 g/mol. The van der Waals surface area contributed by atoms with E-state index in [1.165, 1.54) is 0 Å². The minimum Gasteiger partial charge on any atom is -0.343 e. The molecule has 118 valence electrons. The topological polar surface area (TPSA) is 73.2 Å². The van der Waals surface area contributed by atoms with Crippen LogP contribution in [0.25, 0.3) is 0 Å². The largest absolute Gasteiger partial charge is 0.343 e. The van der Waals surface area contributed by atoms with Crippen LogP contribution in [0.5, 0.6) is 0 Å². The molecule has 1 fully saturated rings. The van der Waals surface area contributed by atoms with Gasteiger partial charge in [0.1, 0.15) is 11.5 Å². The molecule has 0 saturated carbocycles. The highest BCUT2D eigenvalue weighted by Gasteiger charge is 2.38. The van der Waals surface area contributed by atoms with E-state index < -0.39 is 11.5 Å². The van der Waals surface area contributed by atoms with Gasteiger partial charge in [0, 0.05) is 13.1 Å². The Morgan fingerprint density at radius 1 is 1.24 bits per heavy atom. The van der Waals surface area contributed by atoms with Gasteiger partial charge >= 0.3 is 0 Å². The lowest BCUT2D eigenvalue weighted by Gasteiger charge is -2.28. The summed E-state index contributed by atoms with van der Waals surface area (Å²) in [6, 6.07) is 1.64. The molecule has 5 heteroatoms. The summed E-state index contributed by atoms with van der Waals surface area (Å²) < 4.78 is 0. The number of nitrogens with one attached hydrogen (secondary N) is 1. The zero-order valence-electron chi connectivity index (χ0n) is 13.4. The molecule has 0 aromatic rings. The summed E-state index contributed by atoms with van der Waals surface area (Å²) in [4.78, 5) is 26.5. The van der Waals surface area contributed by atoms with E-state index in [0.717, 1.165) is 38.8 Å². The van der Waals surface area contributed by atoms with Crippen molar-refractivity contribution in [3.05, 3.63) is 0 Å². The third-order valence-corrected chi connectivity index (χ3v) is 4.14. The molecular formula is C16H27N3O2. The lowest BCUT2D eigenvalue weighted by molar-refractivity contribution is -0.137. The van der Waals surface area contributed by atoms with Crippen molar-refractivity contribution >= 4 is 11.8 Å². The molecule has 2 amide bonds. The third-order valence-electron chi connectivity index (χ3n) is 4.14. The minimum atomic E-state index is -0.997. The van der Waals surface area contributed by atoms with E-state index in [1.54, 1.807) is 11.8 Å². The maximum Gasteiger partial charge on any atom is 0.244 e. The lowest BCUT2D eigenvalue weighted by atomic mass is 9.79. The highest BCUT2D eigenvalue weighted by atomic mass is 16.2. The van der Waals surface area contributed by atoms with Crippen LogP contribution >= 0.6 is 0 Å². The second kappa shape index (κ2) is 8.02. The SMILES string of the molecule is CCCC(C#N)(CCC)C(=O)NC(C)C(=O)N1CCCC1. The van der Waals surface area contributed by atoms with Crippen LogP contribution in [-0.4, -0.2) is 35.8 Å². The number of likely N-dealkylation sites (tertiary alicyclic amines) is 1. The van der Waals surface area contributed by atoms with Gasteiger partial charge in [0.05, 0.1) is 6.07 Å². The van der Waals surface area contributed by atoms with Gasteiger partial charge in [-0.1, -0.05) is 26.7 Å². The van der Waals surface area contributed by atoms with Gasteiger partial charge in [-0.3, -0.25) is 9.59 Å². The van der Waals surface area contributed by atoms with Gasteiger partial charge in [-0.15, -0.1) is 0 Å². The predicted octanol–water partition coefficient (Wildman–Crippen LogP) is 2.22. The maximum atomic E-state index is 12.5. The Bertz CT molecular complexity index is 402. The van der Waals surface area contributed by atoms with Crippen LogP contribution in [0.2, 0.25) is 0 Å². The van der Waals surface area contributed by atoms with Gasteiger partial charge in [-0.05, 0) is 32.6 Å². The number of hydrogen-bond acceptors (Lipinski definition) is 3. The van der Waals surface area contributed by atoms with Crippen molar-refractivity contribution in [3.63, 3.8) is 0 Å². The van der Waals surface area contributed by atoms with E-state index in [4.69, 9.17) is 0 Å². The molecule has 21 heavy (non-hydrogen) atoms. The van der Waals surface area contributed by atoms with Crippen LogP contribution in [-0.2, 0) is 9.59 Å². The minimum absolute atomic E-state index is 0.0410. The van der Waals surface area contributed by atoms with Gasteiger partial charge in [0.15, 0.2) is 0 Å². The summed E-state index contributed by atoms with van der Waals surface area (Å²) in [6.45, 7) is 7.18. The van der Waals surface area contributed by atoms with Gasteiger partial charge < -0.3 is 10.2 Å². The Hall–Kier alpha value is -1.57. The van der Waals surface area contributed by atoms with Crippen molar-refractivity contribution in [1.29, 1.82) is 5.26 Å². The van der Waals surface area contributed by atoms with Gasteiger partial charge in [-0.25, -0.2) is 0 Å². The summed E-state index contributed by atoms with van der Waals surface area (Å²) in [6.07, 6.45) is 4.67. The number of amides is 2. The number of rotatable bonds is 7. The fraction of sp³-hybridized carbons (Fsp3) is 0.812. The normalized spacial score (nSPS) is 16.4. The molecule has 1 N–H and O–H groups in total. The first-order valence-corrected chi connectivity index (χ1v) is 8.01. The molecule has 1 aliphatic rings. The fourth-order valence-corrected chi connectivity index (χ4v) is 2.98. The number of nitrogens with zero attached hydrogens (tertiary/aromatic N) is 2. The quantitative estimate of drug-likeness (QED) is 0.782. The average molecular weight is 293 g/mol. The predicted molar refractivity (Wildman–Crippen MR) is 81.3 cm³/mol. The van der Waals surface area contributed by atoms with Crippen molar-refractivity contribution < 1.29 is 9.59 Å². The highest BCUT2D eigenvalue weighted by molar-refractivity contribution is 5.91. The summed E-state index contributed by atoms with van der Waals surface area (Å²) in [5.74, 6) is -0.338. The molecule has 1 aliphatic heterocycles. The molecule has 1 unspecified atom stereocenters. The van der Waals surface area contributed by atoms with Crippen molar-refractivity contribution in [1.82, 2.24) is 10.2 Å². The van der Waals surface area contributed by atoms with Crippen molar-refractivity contribution in [3.8, 4) is 6.07 Å². The first kappa shape index (κ1) is 17.5. The van der Waals surface area contributed by atoms with E-state index in [2.05, 4.69) is 11.4 Å². The summed E-state index contributed by atoms with van der Waals surface area (Å²) in [5, 5.41) is 12.2. The number of hydrogen-bond donors (Lipinski definition) is 1. The van der Waals surface area contributed by atoms with Crippen molar-refractivity contribution in [2.75, 3.05) is 13.1 Å². The first-order chi connectivity index (χ1) is 10.0. The number of nitriles is 1. The van der Waals surface area contributed by atoms with E-state index in [9.17, 15) is 14.9 Å². The van der Waals surface area contributed by atoms with Gasteiger partial charge in [-0.2, -0.15) is 5.26 Å². The van der Waals surface area contributed by atoms with E-state index in [-0.39, 0.29) is 11.8 Å². The smallest absolute Gasteiger partial charge is 0.244 e. The van der Waals surface area contributed by atoms with Crippen LogP contribution in [0, 0.1) is 16.7 Å². The molecule has 0 aromatic heterocycles. The molecule has 1 rings (SSSR count). The first-order valence-electron chi connectivity index (χ1n) is 8.01. The Labute approximate surface area is 127 Å². The Balaban J connectivity index is 2.71. The molecule has 1 heterocycles. The Morgan fingerprint density at radius 2 is 1.76 bits per heavy atom. The van der Waals surface area contributed by atoms with E-state index >= 15 is 0 Å². The fourth-order valence-electron chi connectivity index (χ4n) is 2.98. The standard InChI is InChI=1S/C16H27N3O2/c1-4-8-16(12-17,9-5-2)15(21)18-13(3)14(20)19-10-6-7-11-19/h13H,4-11H2,1-3H3,(H,18,21). The summed E-state index contributed by atoms with van der Waals surface area (Å²) >= 11 is 0. The zero-order chi connectivity index (χ0) is 15.9. The second-order valence-electron chi connectivity index (χ2n) is 5.92. The zero-order valence-corrected chi connectivity index (χ0v) is 13.4. The average Bonchev–Trinajstić information content (AvgIpc) is 3.00.